The van der Waals surface area contributed by atoms with E-state index < -0.39 is 11.1 Å². The van der Waals surface area contributed by atoms with E-state index in [0.29, 0.717) is 18.9 Å². The zero-order chi connectivity index (χ0) is 17.4. The molecule has 1 atom stereocenters. The Hall–Kier alpha value is -1.77. The number of hydrogen-bond acceptors (Lipinski definition) is 6. The normalized spacial score (nSPS) is 12.3. The summed E-state index contributed by atoms with van der Waals surface area (Å²) in [5, 5.41) is 10.3. The molecule has 1 N–H and O–H groups in total. The Balaban J connectivity index is 2.05. The maximum absolute atomic E-state index is 11.0. The number of rotatable bonds is 9. The molecule has 0 saturated heterocycles. The van der Waals surface area contributed by atoms with Crippen molar-refractivity contribution in [2.24, 2.45) is 0 Å². The largest absolute Gasteiger partial charge is 0.492 e. The fraction of sp³-hybridized carbons (Fsp3) is 0.294. The minimum Gasteiger partial charge on any atom is -0.492 e. The lowest BCUT2D eigenvalue weighted by atomic mass is 10.0. The lowest BCUT2D eigenvalue weighted by Gasteiger charge is -2.16. The maximum atomic E-state index is 11.0. The molecule has 0 bridgehead atoms. The lowest BCUT2D eigenvalue weighted by Crippen LogP contribution is -2.25. The first-order valence-corrected chi connectivity index (χ1v) is 8.89. The van der Waals surface area contributed by atoms with E-state index in [2.05, 4.69) is 4.89 Å². The predicted molar refractivity (Wildman–Crippen MR) is 92.6 cm³/mol. The summed E-state index contributed by atoms with van der Waals surface area (Å²) in [6.07, 6.45) is 1.45. The van der Waals surface area contributed by atoms with Crippen LogP contribution in [0.3, 0.4) is 0 Å². The topological polar surface area (TPSA) is 68.2 Å². The molecule has 0 amide bonds. The van der Waals surface area contributed by atoms with E-state index in [4.69, 9.17) is 14.3 Å². The summed E-state index contributed by atoms with van der Waals surface area (Å²) in [6.45, 7) is 0.817. The van der Waals surface area contributed by atoms with Crippen LogP contribution in [0, 0.1) is 0 Å². The van der Waals surface area contributed by atoms with E-state index in [1.807, 2.05) is 48.5 Å². The van der Waals surface area contributed by atoms with Crippen molar-refractivity contribution in [3.8, 4) is 16.9 Å². The van der Waals surface area contributed by atoms with Crippen LogP contribution < -0.4 is 4.74 Å². The van der Waals surface area contributed by atoms with Crippen molar-refractivity contribution in [3.05, 3.63) is 54.1 Å². The van der Waals surface area contributed by atoms with Crippen molar-refractivity contribution in [2.45, 2.75) is 6.61 Å². The van der Waals surface area contributed by atoms with Gasteiger partial charge in [-0.1, -0.05) is 36.4 Å². The molecule has 2 aromatic carbocycles. The van der Waals surface area contributed by atoms with E-state index in [1.54, 1.807) is 7.05 Å². The molecule has 2 rings (SSSR count). The molecule has 0 aliphatic heterocycles. The first-order valence-electron chi connectivity index (χ1n) is 7.40. The van der Waals surface area contributed by atoms with Crippen molar-refractivity contribution in [2.75, 3.05) is 26.5 Å². The van der Waals surface area contributed by atoms with Gasteiger partial charge in [-0.2, -0.15) is 9.35 Å². The number of likely N-dealkylation sites (N-methyl/N-ethyl adjacent to an activating group) is 1. The van der Waals surface area contributed by atoms with Crippen LogP contribution in [0.25, 0.3) is 11.1 Å². The molecule has 0 radical (unpaired) electrons. The van der Waals surface area contributed by atoms with E-state index >= 15 is 0 Å². The van der Waals surface area contributed by atoms with Gasteiger partial charge < -0.3 is 4.74 Å². The van der Waals surface area contributed by atoms with Crippen molar-refractivity contribution in [1.82, 2.24) is 5.06 Å². The number of benzene rings is 2. The second-order valence-corrected chi connectivity index (χ2v) is 6.09. The first kappa shape index (κ1) is 18.6. The highest BCUT2D eigenvalue weighted by molar-refractivity contribution is 7.79. The molecule has 0 saturated carbocycles. The third-order valence-electron chi connectivity index (χ3n) is 3.28. The van der Waals surface area contributed by atoms with Gasteiger partial charge in [0.2, 0.25) is 0 Å². The van der Waals surface area contributed by atoms with Gasteiger partial charge >= 0.3 is 0 Å². The highest BCUT2D eigenvalue weighted by Crippen LogP contribution is 2.27. The summed E-state index contributed by atoms with van der Waals surface area (Å²) in [5.41, 5.74) is 2.82. The summed E-state index contributed by atoms with van der Waals surface area (Å²) in [6, 6.07) is 15.6. The van der Waals surface area contributed by atoms with Crippen molar-refractivity contribution in [1.29, 1.82) is 0 Å². The van der Waals surface area contributed by atoms with Crippen LogP contribution in [0.2, 0.25) is 0 Å². The standard InChI is InChI=1S/C17H21NO5S/c1-18(23-24(2)20)10-11-21-17-9-8-15(12-16(17)13-22-19)14-6-4-3-5-7-14/h3-9,12,19H,10-11,13H2,1-2H3. The van der Waals surface area contributed by atoms with Crippen LogP contribution in [-0.2, 0) is 26.9 Å². The van der Waals surface area contributed by atoms with Gasteiger partial charge in [-0.15, -0.1) is 0 Å². The highest BCUT2D eigenvalue weighted by Gasteiger charge is 2.08. The Morgan fingerprint density at radius 2 is 1.88 bits per heavy atom. The van der Waals surface area contributed by atoms with Crippen LogP contribution >= 0.6 is 0 Å². The fourth-order valence-electron chi connectivity index (χ4n) is 2.21. The number of hydroxylamine groups is 2. The molecule has 0 fully saturated rings. The van der Waals surface area contributed by atoms with Gasteiger partial charge in [0, 0.05) is 18.9 Å². The Kier molecular flexibility index (Phi) is 7.36. The van der Waals surface area contributed by atoms with Crippen LogP contribution in [0.15, 0.2) is 48.5 Å². The maximum Gasteiger partial charge on any atom is 0.170 e. The number of nitrogens with zero attached hydrogens (tertiary/aromatic N) is 1. The molecular formula is C17H21NO5S. The summed E-state index contributed by atoms with van der Waals surface area (Å²) in [5.74, 6) is 0.620. The van der Waals surface area contributed by atoms with Crippen LogP contribution in [0.5, 0.6) is 5.75 Å². The second kappa shape index (κ2) is 9.51. The van der Waals surface area contributed by atoms with E-state index in [9.17, 15) is 4.21 Å². The molecule has 1 unspecified atom stereocenters. The molecule has 0 aliphatic rings. The Morgan fingerprint density at radius 1 is 1.12 bits per heavy atom. The molecule has 7 heteroatoms. The van der Waals surface area contributed by atoms with Crippen molar-refractivity contribution < 1.29 is 23.4 Å². The van der Waals surface area contributed by atoms with E-state index in [-0.39, 0.29) is 6.61 Å². The zero-order valence-corrected chi connectivity index (χ0v) is 14.5. The number of hydrogen-bond donors (Lipinski definition) is 1. The smallest absolute Gasteiger partial charge is 0.170 e. The van der Waals surface area contributed by atoms with Gasteiger partial charge in [0.1, 0.15) is 19.0 Å². The Bertz CT molecular complexity index is 665. The SMILES string of the molecule is CN(CCOc1ccc(-c2ccccc2)cc1COO)OS(C)=O. The van der Waals surface area contributed by atoms with Crippen molar-refractivity contribution >= 4 is 11.1 Å². The van der Waals surface area contributed by atoms with Gasteiger partial charge in [-0.05, 0) is 23.3 Å². The minimum atomic E-state index is -1.36. The second-order valence-electron chi connectivity index (χ2n) is 5.14. The van der Waals surface area contributed by atoms with Gasteiger partial charge in [-0.25, -0.2) is 9.10 Å². The Morgan fingerprint density at radius 3 is 2.54 bits per heavy atom. The van der Waals surface area contributed by atoms with Crippen LogP contribution in [0.1, 0.15) is 5.56 Å². The van der Waals surface area contributed by atoms with Crippen LogP contribution in [-0.4, -0.2) is 41.0 Å². The highest BCUT2D eigenvalue weighted by atomic mass is 32.2. The van der Waals surface area contributed by atoms with Gasteiger partial charge in [0.05, 0.1) is 6.54 Å². The molecule has 0 aliphatic carbocycles. The van der Waals surface area contributed by atoms with Gasteiger partial charge in [0.25, 0.3) is 0 Å². The predicted octanol–water partition coefficient (Wildman–Crippen LogP) is 2.88. The summed E-state index contributed by atoms with van der Waals surface area (Å²) in [4.78, 5) is 4.28. The Labute approximate surface area is 144 Å². The van der Waals surface area contributed by atoms with Gasteiger partial charge in [0.15, 0.2) is 11.1 Å². The van der Waals surface area contributed by atoms with E-state index in [0.717, 1.165) is 16.7 Å². The quantitative estimate of drug-likeness (QED) is 0.553. The van der Waals surface area contributed by atoms with Gasteiger partial charge in [-0.3, -0.25) is 5.26 Å². The molecule has 0 spiro atoms. The monoisotopic (exact) mass is 351 g/mol. The third kappa shape index (κ3) is 5.70. The molecule has 0 aromatic heterocycles. The van der Waals surface area contributed by atoms with Crippen LogP contribution in [0.4, 0.5) is 0 Å². The third-order valence-corrected chi connectivity index (χ3v) is 3.75. The fourth-order valence-corrected chi connectivity index (χ4v) is 2.65. The molecule has 2 aromatic rings. The summed E-state index contributed by atoms with van der Waals surface area (Å²) >= 11 is -1.36. The number of ether oxygens (including phenoxy) is 1. The average Bonchev–Trinajstić information content (AvgIpc) is 2.56. The zero-order valence-electron chi connectivity index (χ0n) is 13.7. The summed E-state index contributed by atoms with van der Waals surface area (Å²) in [7, 11) is 1.68. The molecule has 24 heavy (non-hydrogen) atoms. The molecule has 6 nitrogen and oxygen atoms in total. The molecule has 130 valence electrons. The van der Waals surface area contributed by atoms with E-state index in [1.165, 1.54) is 11.3 Å². The average molecular weight is 351 g/mol. The lowest BCUT2D eigenvalue weighted by molar-refractivity contribution is -0.253. The molecular weight excluding hydrogens is 330 g/mol. The first-order chi connectivity index (χ1) is 11.6. The minimum absolute atomic E-state index is 0.0291. The molecule has 0 heterocycles. The van der Waals surface area contributed by atoms with Crippen molar-refractivity contribution in [3.63, 3.8) is 0 Å². The summed E-state index contributed by atoms with van der Waals surface area (Å²) < 4.78 is 21.7.